The molecule has 0 radical (unpaired) electrons. The van der Waals surface area contributed by atoms with Crippen LogP contribution in [0, 0.1) is 16.7 Å². The van der Waals surface area contributed by atoms with Crippen molar-refractivity contribution in [2.45, 2.75) is 20.4 Å². The lowest BCUT2D eigenvalue weighted by atomic mass is 9.95. The molecule has 0 atom stereocenters. The third-order valence-corrected chi connectivity index (χ3v) is 1.77. The van der Waals surface area contributed by atoms with Crippen molar-refractivity contribution in [2.75, 3.05) is 0 Å². The average molecular weight is 193 g/mol. The number of carbonyl (C=O) groups is 1. The zero-order valence-electron chi connectivity index (χ0n) is 8.07. The van der Waals surface area contributed by atoms with Crippen LogP contribution >= 0.6 is 0 Å². The summed E-state index contributed by atoms with van der Waals surface area (Å²) in [5.74, 6) is -0.317. The second-order valence-corrected chi connectivity index (χ2v) is 3.41. The van der Waals surface area contributed by atoms with Crippen molar-refractivity contribution in [1.82, 2.24) is 10.5 Å². The van der Waals surface area contributed by atoms with E-state index < -0.39 is 5.41 Å². The maximum absolute atomic E-state index is 11.4. The molecule has 74 valence electrons. The third-order valence-electron chi connectivity index (χ3n) is 1.77. The first-order valence-corrected chi connectivity index (χ1v) is 4.15. The number of carbonyl (C=O) groups excluding carboxylic acids is 1. The van der Waals surface area contributed by atoms with Gasteiger partial charge in [0.15, 0.2) is 0 Å². The number of hydrogen-bond acceptors (Lipinski definition) is 4. The summed E-state index contributed by atoms with van der Waals surface area (Å²) in [5, 5.41) is 14.9. The number of hydrogen-bond donors (Lipinski definition) is 1. The van der Waals surface area contributed by atoms with Gasteiger partial charge in [0.1, 0.15) is 17.4 Å². The first kappa shape index (κ1) is 10.3. The van der Waals surface area contributed by atoms with Gasteiger partial charge < -0.3 is 9.84 Å². The van der Waals surface area contributed by atoms with Crippen molar-refractivity contribution in [2.24, 2.45) is 5.41 Å². The summed E-state index contributed by atoms with van der Waals surface area (Å²) >= 11 is 0. The fourth-order valence-corrected chi connectivity index (χ4v) is 0.771. The molecule has 0 spiro atoms. The van der Waals surface area contributed by atoms with E-state index in [0.29, 0.717) is 5.69 Å². The highest BCUT2D eigenvalue weighted by Crippen LogP contribution is 2.12. The molecule has 5 heteroatoms. The van der Waals surface area contributed by atoms with Gasteiger partial charge >= 0.3 is 0 Å². The molecule has 0 fully saturated rings. The van der Waals surface area contributed by atoms with Crippen LogP contribution in [0.2, 0.25) is 0 Å². The standard InChI is InChI=1S/C9H11N3O2/c1-9(2,6-10)8(13)11-5-7-3-4-14-12-7/h3-4H,5H2,1-2H3,(H,11,13). The lowest BCUT2D eigenvalue weighted by Crippen LogP contribution is -2.35. The van der Waals surface area contributed by atoms with Gasteiger partial charge in [-0.3, -0.25) is 4.79 Å². The van der Waals surface area contributed by atoms with Crippen LogP contribution in [0.4, 0.5) is 0 Å². The largest absolute Gasteiger partial charge is 0.364 e. The van der Waals surface area contributed by atoms with E-state index in [1.54, 1.807) is 19.9 Å². The van der Waals surface area contributed by atoms with Gasteiger partial charge in [0.2, 0.25) is 5.91 Å². The Balaban J connectivity index is 2.48. The SMILES string of the molecule is CC(C)(C#N)C(=O)NCc1ccon1. The van der Waals surface area contributed by atoms with Crippen LogP contribution in [0.1, 0.15) is 19.5 Å². The monoisotopic (exact) mass is 193 g/mol. The van der Waals surface area contributed by atoms with Gasteiger partial charge in [-0.1, -0.05) is 5.16 Å². The summed E-state index contributed by atoms with van der Waals surface area (Å²) in [7, 11) is 0. The van der Waals surface area contributed by atoms with Crippen LogP contribution in [0.25, 0.3) is 0 Å². The van der Waals surface area contributed by atoms with Gasteiger partial charge in [0.05, 0.1) is 12.6 Å². The fourth-order valence-electron chi connectivity index (χ4n) is 0.771. The number of nitriles is 1. The van der Waals surface area contributed by atoms with Crippen LogP contribution in [0.15, 0.2) is 16.9 Å². The van der Waals surface area contributed by atoms with Crippen molar-refractivity contribution in [3.63, 3.8) is 0 Å². The lowest BCUT2D eigenvalue weighted by molar-refractivity contribution is -0.126. The summed E-state index contributed by atoms with van der Waals surface area (Å²) in [5.41, 5.74) is -0.379. The molecule has 1 aromatic rings. The number of rotatable bonds is 3. The topological polar surface area (TPSA) is 78.9 Å². The van der Waals surface area contributed by atoms with E-state index in [2.05, 4.69) is 15.0 Å². The highest BCUT2D eigenvalue weighted by molar-refractivity contribution is 5.84. The summed E-state index contributed by atoms with van der Waals surface area (Å²) in [6.07, 6.45) is 1.43. The second-order valence-electron chi connectivity index (χ2n) is 3.41. The molecule has 0 unspecified atom stereocenters. The van der Waals surface area contributed by atoms with E-state index in [0.717, 1.165) is 0 Å². The van der Waals surface area contributed by atoms with Crippen LogP contribution in [-0.4, -0.2) is 11.1 Å². The van der Waals surface area contributed by atoms with E-state index in [1.165, 1.54) is 6.26 Å². The van der Waals surface area contributed by atoms with Crippen LogP contribution in [0.5, 0.6) is 0 Å². The molecule has 0 aromatic carbocycles. The van der Waals surface area contributed by atoms with Crippen molar-refractivity contribution in [3.05, 3.63) is 18.0 Å². The third kappa shape index (κ3) is 2.33. The Kier molecular flexibility index (Phi) is 2.87. The van der Waals surface area contributed by atoms with E-state index in [-0.39, 0.29) is 12.5 Å². The van der Waals surface area contributed by atoms with Crippen LogP contribution < -0.4 is 5.32 Å². The van der Waals surface area contributed by atoms with Crippen LogP contribution in [0.3, 0.4) is 0 Å². The van der Waals surface area contributed by atoms with Crippen LogP contribution in [-0.2, 0) is 11.3 Å². The van der Waals surface area contributed by atoms with Gasteiger partial charge in [-0.25, -0.2) is 0 Å². The van der Waals surface area contributed by atoms with E-state index in [9.17, 15) is 4.79 Å². The van der Waals surface area contributed by atoms with Crippen molar-refractivity contribution in [1.29, 1.82) is 5.26 Å². The smallest absolute Gasteiger partial charge is 0.240 e. The quantitative estimate of drug-likeness (QED) is 0.771. The molecule has 0 aliphatic heterocycles. The first-order chi connectivity index (χ1) is 6.56. The van der Waals surface area contributed by atoms with Gasteiger partial charge in [0.25, 0.3) is 0 Å². The highest BCUT2D eigenvalue weighted by atomic mass is 16.5. The lowest BCUT2D eigenvalue weighted by Gasteiger charge is -2.13. The molecule has 5 nitrogen and oxygen atoms in total. The normalized spacial score (nSPS) is 10.6. The van der Waals surface area contributed by atoms with Gasteiger partial charge in [-0.05, 0) is 13.8 Å². The second kappa shape index (κ2) is 3.92. The molecular formula is C9H11N3O2. The Hall–Kier alpha value is -1.83. The van der Waals surface area contributed by atoms with Gasteiger partial charge in [-0.2, -0.15) is 5.26 Å². The Bertz CT molecular complexity index is 349. The average Bonchev–Trinajstić information content (AvgIpc) is 2.66. The minimum Gasteiger partial charge on any atom is -0.364 e. The summed E-state index contributed by atoms with van der Waals surface area (Å²) in [4.78, 5) is 11.4. The van der Waals surface area contributed by atoms with Crippen molar-refractivity contribution in [3.8, 4) is 6.07 Å². The van der Waals surface area contributed by atoms with Crippen molar-refractivity contribution >= 4 is 5.91 Å². The number of aromatic nitrogens is 1. The molecule has 0 aliphatic rings. The maximum Gasteiger partial charge on any atom is 0.240 e. The molecule has 1 amide bonds. The van der Waals surface area contributed by atoms with E-state index in [4.69, 9.17) is 5.26 Å². The Morgan fingerprint density at radius 3 is 3.00 bits per heavy atom. The predicted octanol–water partition coefficient (Wildman–Crippen LogP) is 0.841. The number of amides is 1. The Labute approximate surface area is 81.7 Å². The summed E-state index contributed by atoms with van der Waals surface area (Å²) in [6, 6.07) is 3.57. The fraction of sp³-hybridized carbons (Fsp3) is 0.444. The predicted molar refractivity (Wildman–Crippen MR) is 47.7 cm³/mol. The zero-order valence-corrected chi connectivity index (χ0v) is 8.07. The van der Waals surface area contributed by atoms with Crippen molar-refractivity contribution < 1.29 is 9.32 Å². The molecule has 1 rings (SSSR count). The summed E-state index contributed by atoms with van der Waals surface area (Å²) < 4.78 is 4.59. The zero-order chi connectivity index (χ0) is 10.6. The molecule has 0 aliphatic carbocycles. The molecule has 1 aromatic heterocycles. The molecule has 0 saturated carbocycles. The highest BCUT2D eigenvalue weighted by Gasteiger charge is 2.26. The molecule has 0 saturated heterocycles. The molecule has 14 heavy (non-hydrogen) atoms. The minimum absolute atomic E-state index is 0.278. The first-order valence-electron chi connectivity index (χ1n) is 4.15. The summed E-state index contributed by atoms with van der Waals surface area (Å²) in [6.45, 7) is 3.40. The van der Waals surface area contributed by atoms with E-state index >= 15 is 0 Å². The van der Waals surface area contributed by atoms with Gasteiger partial charge in [-0.15, -0.1) is 0 Å². The molecule has 1 heterocycles. The molecule has 1 N–H and O–H groups in total. The maximum atomic E-state index is 11.4. The number of nitrogens with one attached hydrogen (secondary N) is 1. The van der Waals surface area contributed by atoms with Gasteiger partial charge in [0, 0.05) is 6.07 Å². The van der Waals surface area contributed by atoms with E-state index in [1.807, 2.05) is 6.07 Å². The Morgan fingerprint density at radius 1 is 1.79 bits per heavy atom. The number of nitrogens with zero attached hydrogens (tertiary/aromatic N) is 2. The molecular weight excluding hydrogens is 182 g/mol. The minimum atomic E-state index is -1.01. The Morgan fingerprint density at radius 2 is 2.50 bits per heavy atom. The molecule has 0 bridgehead atoms.